The first-order chi connectivity index (χ1) is 9.47. The van der Waals surface area contributed by atoms with E-state index in [1.54, 1.807) is 0 Å². The Labute approximate surface area is 121 Å². The highest BCUT2D eigenvalue weighted by Crippen LogP contribution is 2.27. The Bertz CT molecular complexity index is 572. The molecule has 2 rings (SSSR count). The van der Waals surface area contributed by atoms with Gasteiger partial charge in [-0.2, -0.15) is 0 Å². The first-order valence-corrected chi connectivity index (χ1v) is 7.10. The predicted molar refractivity (Wildman–Crippen MR) is 85.2 cm³/mol. The van der Waals surface area contributed by atoms with Crippen LogP contribution in [0.2, 0.25) is 0 Å². The van der Waals surface area contributed by atoms with E-state index in [2.05, 4.69) is 45.9 Å². The van der Waals surface area contributed by atoms with Crippen LogP contribution in [0.25, 0.3) is 0 Å². The van der Waals surface area contributed by atoms with E-state index in [-0.39, 0.29) is 6.10 Å². The van der Waals surface area contributed by atoms with Crippen LogP contribution in [-0.2, 0) is 0 Å². The Kier molecular flexibility index (Phi) is 4.33. The highest BCUT2D eigenvalue weighted by molar-refractivity contribution is 5.40. The van der Waals surface area contributed by atoms with Crippen LogP contribution in [0.1, 0.15) is 49.5 Å². The third kappa shape index (κ3) is 3.32. The maximum atomic E-state index is 6.02. The Morgan fingerprint density at radius 3 is 2.15 bits per heavy atom. The van der Waals surface area contributed by atoms with Gasteiger partial charge < -0.3 is 10.5 Å². The largest absolute Gasteiger partial charge is 0.486 e. The Hall–Kier alpha value is -1.96. The summed E-state index contributed by atoms with van der Waals surface area (Å²) in [5.41, 5.74) is 10.3. The minimum Gasteiger partial charge on any atom is -0.486 e. The van der Waals surface area contributed by atoms with Crippen LogP contribution in [0, 0.1) is 6.92 Å². The normalized spacial score (nSPS) is 12.4. The van der Waals surface area contributed by atoms with Crippen molar-refractivity contribution in [1.29, 1.82) is 0 Å². The first-order valence-electron chi connectivity index (χ1n) is 7.10. The van der Waals surface area contributed by atoms with Gasteiger partial charge in [0.05, 0.1) is 0 Å². The molecule has 0 spiro atoms. The molecule has 0 aromatic heterocycles. The number of aryl methyl sites for hydroxylation is 1. The zero-order chi connectivity index (χ0) is 14.7. The van der Waals surface area contributed by atoms with E-state index in [0.29, 0.717) is 5.92 Å². The summed E-state index contributed by atoms with van der Waals surface area (Å²) in [6.45, 7) is 8.60. The molecule has 0 aliphatic rings. The molecule has 0 aliphatic heterocycles. The molecule has 0 radical (unpaired) electrons. The zero-order valence-electron chi connectivity index (χ0n) is 12.7. The SMILES string of the molecule is Cc1cc(OC(C)c2ccc(N)cc2)ccc1C(C)C. The second-order valence-electron chi connectivity index (χ2n) is 5.60. The van der Waals surface area contributed by atoms with Crippen molar-refractivity contribution in [1.82, 2.24) is 0 Å². The average Bonchev–Trinajstić information content (AvgIpc) is 2.39. The third-order valence-electron chi connectivity index (χ3n) is 3.58. The Morgan fingerprint density at radius 1 is 0.950 bits per heavy atom. The van der Waals surface area contributed by atoms with Gasteiger partial charge in [0.15, 0.2) is 0 Å². The summed E-state index contributed by atoms with van der Waals surface area (Å²) in [4.78, 5) is 0. The fourth-order valence-corrected chi connectivity index (χ4v) is 2.41. The van der Waals surface area contributed by atoms with Crippen molar-refractivity contribution >= 4 is 5.69 Å². The molecule has 0 bridgehead atoms. The minimum absolute atomic E-state index is 0.0138. The minimum atomic E-state index is 0.0138. The van der Waals surface area contributed by atoms with E-state index in [1.807, 2.05) is 24.3 Å². The lowest BCUT2D eigenvalue weighted by Crippen LogP contribution is -2.04. The van der Waals surface area contributed by atoms with E-state index < -0.39 is 0 Å². The van der Waals surface area contributed by atoms with E-state index in [4.69, 9.17) is 10.5 Å². The highest BCUT2D eigenvalue weighted by atomic mass is 16.5. The van der Waals surface area contributed by atoms with E-state index in [1.165, 1.54) is 11.1 Å². The smallest absolute Gasteiger partial charge is 0.121 e. The molecule has 2 aromatic carbocycles. The van der Waals surface area contributed by atoms with Gasteiger partial charge in [0.25, 0.3) is 0 Å². The number of hydrogen-bond donors (Lipinski definition) is 1. The summed E-state index contributed by atoms with van der Waals surface area (Å²) in [6, 6.07) is 14.2. The Balaban J connectivity index is 2.13. The molecule has 0 amide bonds. The predicted octanol–water partition coefficient (Wildman–Crippen LogP) is 4.84. The lowest BCUT2D eigenvalue weighted by Gasteiger charge is -2.17. The van der Waals surface area contributed by atoms with Crippen molar-refractivity contribution in [2.75, 3.05) is 5.73 Å². The Morgan fingerprint density at radius 2 is 1.60 bits per heavy atom. The van der Waals surface area contributed by atoms with Gasteiger partial charge in [0, 0.05) is 5.69 Å². The molecular weight excluding hydrogens is 246 g/mol. The molecule has 0 aliphatic carbocycles. The summed E-state index contributed by atoms with van der Waals surface area (Å²) in [5.74, 6) is 1.45. The van der Waals surface area contributed by atoms with Crippen LogP contribution in [0.5, 0.6) is 5.75 Å². The molecular formula is C18H23NO. The molecule has 20 heavy (non-hydrogen) atoms. The molecule has 2 N–H and O–H groups in total. The van der Waals surface area contributed by atoms with Gasteiger partial charge in [-0.25, -0.2) is 0 Å². The van der Waals surface area contributed by atoms with Crippen molar-refractivity contribution in [3.8, 4) is 5.75 Å². The van der Waals surface area contributed by atoms with E-state index >= 15 is 0 Å². The summed E-state index contributed by atoms with van der Waals surface area (Å²) in [5, 5.41) is 0. The summed E-state index contributed by atoms with van der Waals surface area (Å²) in [6.07, 6.45) is 0.0138. The number of ether oxygens (including phenoxy) is 1. The fraction of sp³-hybridized carbons (Fsp3) is 0.333. The van der Waals surface area contributed by atoms with Crippen LogP contribution in [-0.4, -0.2) is 0 Å². The molecule has 106 valence electrons. The standard InChI is InChI=1S/C18H23NO/c1-12(2)18-10-9-17(11-13(18)3)20-14(4)15-5-7-16(19)8-6-15/h5-12,14H,19H2,1-4H3. The average molecular weight is 269 g/mol. The van der Waals surface area contributed by atoms with Gasteiger partial charge >= 0.3 is 0 Å². The highest BCUT2D eigenvalue weighted by Gasteiger charge is 2.09. The number of rotatable bonds is 4. The monoisotopic (exact) mass is 269 g/mol. The maximum absolute atomic E-state index is 6.02. The van der Waals surface area contributed by atoms with Crippen LogP contribution in [0.15, 0.2) is 42.5 Å². The molecule has 2 aromatic rings. The molecule has 0 saturated heterocycles. The van der Waals surface area contributed by atoms with Crippen LogP contribution < -0.4 is 10.5 Å². The van der Waals surface area contributed by atoms with Gasteiger partial charge in [-0.1, -0.05) is 32.0 Å². The van der Waals surface area contributed by atoms with Gasteiger partial charge in [0.2, 0.25) is 0 Å². The van der Waals surface area contributed by atoms with E-state index in [0.717, 1.165) is 17.0 Å². The zero-order valence-corrected chi connectivity index (χ0v) is 12.7. The molecule has 2 heteroatoms. The van der Waals surface area contributed by atoms with Crippen molar-refractivity contribution in [2.24, 2.45) is 0 Å². The number of nitrogens with two attached hydrogens (primary N) is 1. The summed E-state index contributed by atoms with van der Waals surface area (Å²) in [7, 11) is 0. The van der Waals surface area contributed by atoms with E-state index in [9.17, 15) is 0 Å². The van der Waals surface area contributed by atoms with Gasteiger partial charge in [0.1, 0.15) is 11.9 Å². The second-order valence-corrected chi connectivity index (χ2v) is 5.60. The number of anilines is 1. The number of benzene rings is 2. The summed E-state index contributed by atoms with van der Waals surface area (Å²) < 4.78 is 6.02. The molecule has 1 atom stereocenters. The third-order valence-corrected chi connectivity index (χ3v) is 3.58. The van der Waals surface area contributed by atoms with Crippen LogP contribution >= 0.6 is 0 Å². The first kappa shape index (κ1) is 14.4. The van der Waals surface area contributed by atoms with Crippen LogP contribution in [0.3, 0.4) is 0 Å². The van der Waals surface area contributed by atoms with Gasteiger partial charge in [-0.05, 0) is 60.7 Å². The molecule has 0 heterocycles. The van der Waals surface area contributed by atoms with Crippen LogP contribution in [0.4, 0.5) is 5.69 Å². The quantitative estimate of drug-likeness (QED) is 0.806. The maximum Gasteiger partial charge on any atom is 0.121 e. The molecule has 1 unspecified atom stereocenters. The second kappa shape index (κ2) is 6.00. The summed E-state index contributed by atoms with van der Waals surface area (Å²) >= 11 is 0. The molecule has 2 nitrogen and oxygen atoms in total. The van der Waals surface area contributed by atoms with Crippen molar-refractivity contribution in [2.45, 2.75) is 39.7 Å². The number of hydrogen-bond acceptors (Lipinski definition) is 2. The van der Waals surface area contributed by atoms with Gasteiger partial charge in [-0.15, -0.1) is 0 Å². The van der Waals surface area contributed by atoms with Crippen molar-refractivity contribution < 1.29 is 4.74 Å². The van der Waals surface area contributed by atoms with Gasteiger partial charge in [-0.3, -0.25) is 0 Å². The topological polar surface area (TPSA) is 35.2 Å². The van der Waals surface area contributed by atoms with Crippen molar-refractivity contribution in [3.63, 3.8) is 0 Å². The molecule has 0 saturated carbocycles. The van der Waals surface area contributed by atoms with Crippen molar-refractivity contribution in [3.05, 3.63) is 59.2 Å². The number of nitrogen functional groups attached to an aromatic ring is 1. The lowest BCUT2D eigenvalue weighted by molar-refractivity contribution is 0.227. The lowest BCUT2D eigenvalue weighted by atomic mass is 9.98. The fourth-order valence-electron chi connectivity index (χ4n) is 2.41. The molecule has 0 fully saturated rings.